The van der Waals surface area contributed by atoms with Crippen LogP contribution in [0.4, 0.5) is 0 Å². The molecule has 0 aliphatic heterocycles. The van der Waals surface area contributed by atoms with Gasteiger partial charge >= 0.3 is 0 Å². The molecule has 0 heterocycles. The standard InChI is InChI=1S/C28H29NO3/c1-19(2)14-27(30)26-12-13-28(21(4)20(26)3)32-18-24-7-5-6-23(15-24)17-31-25-10-8-22(16-29)9-11-25/h5-13,15,19H,14,17-18H2,1-4H3. The number of carbonyl (C=O) groups is 1. The van der Waals surface area contributed by atoms with E-state index in [0.717, 1.165) is 39.3 Å². The van der Waals surface area contributed by atoms with Crippen LogP contribution in [-0.4, -0.2) is 5.78 Å². The number of ether oxygens (including phenoxy) is 2. The highest BCUT2D eigenvalue weighted by Crippen LogP contribution is 2.27. The topological polar surface area (TPSA) is 59.3 Å². The van der Waals surface area contributed by atoms with Gasteiger partial charge in [-0.15, -0.1) is 0 Å². The highest BCUT2D eigenvalue weighted by Gasteiger charge is 2.15. The van der Waals surface area contributed by atoms with Crippen molar-refractivity contribution in [2.75, 3.05) is 0 Å². The van der Waals surface area contributed by atoms with E-state index in [0.29, 0.717) is 31.1 Å². The molecule has 4 nitrogen and oxygen atoms in total. The van der Waals surface area contributed by atoms with Crippen molar-refractivity contribution in [3.63, 3.8) is 0 Å². The van der Waals surface area contributed by atoms with Gasteiger partial charge in [-0.1, -0.05) is 32.0 Å². The van der Waals surface area contributed by atoms with Crippen molar-refractivity contribution >= 4 is 5.78 Å². The summed E-state index contributed by atoms with van der Waals surface area (Å²) in [5.74, 6) is 2.04. The number of Topliss-reactive ketones (excluding diaryl/α,β-unsaturated/α-hetero) is 1. The first-order valence-electron chi connectivity index (χ1n) is 10.8. The van der Waals surface area contributed by atoms with Crippen molar-refractivity contribution in [2.24, 2.45) is 5.92 Å². The molecule has 0 radical (unpaired) electrons. The molecule has 0 saturated carbocycles. The fraction of sp³-hybridized carbons (Fsp3) is 0.286. The lowest BCUT2D eigenvalue weighted by Crippen LogP contribution is -2.07. The molecule has 0 bridgehead atoms. The Bertz CT molecular complexity index is 1120. The molecule has 0 aliphatic rings. The monoisotopic (exact) mass is 427 g/mol. The van der Waals surface area contributed by atoms with E-state index >= 15 is 0 Å². The Kier molecular flexibility index (Phi) is 7.68. The number of carbonyl (C=O) groups excluding carboxylic acids is 1. The Morgan fingerprint density at radius 2 is 1.56 bits per heavy atom. The van der Waals surface area contributed by atoms with Crippen molar-refractivity contribution < 1.29 is 14.3 Å². The molecule has 0 amide bonds. The third kappa shape index (κ3) is 5.98. The molecule has 0 atom stereocenters. The first-order chi connectivity index (χ1) is 15.4. The zero-order valence-corrected chi connectivity index (χ0v) is 19.1. The van der Waals surface area contributed by atoms with E-state index < -0.39 is 0 Å². The molecular formula is C28H29NO3. The summed E-state index contributed by atoms with van der Waals surface area (Å²) in [6, 6.07) is 21.0. The van der Waals surface area contributed by atoms with E-state index in [4.69, 9.17) is 14.7 Å². The van der Waals surface area contributed by atoms with Crippen LogP contribution >= 0.6 is 0 Å². The molecule has 0 saturated heterocycles. The summed E-state index contributed by atoms with van der Waals surface area (Å²) in [4.78, 5) is 12.5. The van der Waals surface area contributed by atoms with E-state index in [-0.39, 0.29) is 5.78 Å². The van der Waals surface area contributed by atoms with Crippen molar-refractivity contribution in [2.45, 2.75) is 47.3 Å². The van der Waals surface area contributed by atoms with Crippen LogP contribution in [0.25, 0.3) is 0 Å². The predicted molar refractivity (Wildman–Crippen MR) is 126 cm³/mol. The van der Waals surface area contributed by atoms with Gasteiger partial charge in [-0.05, 0) is 84.5 Å². The van der Waals surface area contributed by atoms with Gasteiger partial charge in [0.05, 0.1) is 11.6 Å². The van der Waals surface area contributed by atoms with Crippen molar-refractivity contribution in [1.29, 1.82) is 5.26 Å². The number of rotatable bonds is 9. The summed E-state index contributed by atoms with van der Waals surface area (Å²) in [7, 11) is 0. The summed E-state index contributed by atoms with van der Waals surface area (Å²) in [5.41, 5.74) is 5.46. The first-order valence-corrected chi connectivity index (χ1v) is 10.8. The second-order valence-corrected chi connectivity index (χ2v) is 8.42. The summed E-state index contributed by atoms with van der Waals surface area (Å²) in [6.45, 7) is 8.96. The molecule has 3 aromatic carbocycles. The first kappa shape index (κ1) is 23.1. The lowest BCUT2D eigenvalue weighted by atomic mass is 9.95. The zero-order valence-electron chi connectivity index (χ0n) is 19.1. The fourth-order valence-electron chi connectivity index (χ4n) is 3.50. The van der Waals surface area contributed by atoms with Crippen LogP contribution in [0.1, 0.15) is 58.4 Å². The van der Waals surface area contributed by atoms with E-state index in [9.17, 15) is 4.79 Å². The molecule has 0 fully saturated rings. The van der Waals surface area contributed by atoms with Gasteiger partial charge < -0.3 is 9.47 Å². The van der Waals surface area contributed by atoms with Gasteiger partial charge in [0.25, 0.3) is 0 Å². The second kappa shape index (κ2) is 10.6. The fourth-order valence-corrected chi connectivity index (χ4v) is 3.50. The molecule has 4 heteroatoms. The predicted octanol–water partition coefficient (Wildman–Crippen LogP) is 6.56. The SMILES string of the molecule is Cc1c(OCc2cccc(COc3ccc(C#N)cc3)c2)ccc(C(=O)CC(C)C)c1C. The van der Waals surface area contributed by atoms with Crippen LogP contribution in [0, 0.1) is 31.1 Å². The molecule has 0 aliphatic carbocycles. The Hall–Kier alpha value is -3.58. The highest BCUT2D eigenvalue weighted by molar-refractivity contribution is 5.98. The summed E-state index contributed by atoms with van der Waals surface area (Å²) >= 11 is 0. The highest BCUT2D eigenvalue weighted by atomic mass is 16.5. The van der Waals surface area contributed by atoms with E-state index in [1.807, 2.05) is 44.2 Å². The molecule has 0 aromatic heterocycles. The van der Waals surface area contributed by atoms with Crippen LogP contribution < -0.4 is 9.47 Å². The number of nitrogens with zero attached hydrogens (tertiary/aromatic N) is 1. The zero-order chi connectivity index (χ0) is 23.1. The maximum Gasteiger partial charge on any atom is 0.163 e. The lowest BCUT2D eigenvalue weighted by molar-refractivity contribution is 0.0967. The molecule has 164 valence electrons. The third-order valence-electron chi connectivity index (χ3n) is 5.41. The Labute approximate surface area is 190 Å². The Morgan fingerprint density at radius 1 is 0.906 bits per heavy atom. The number of ketones is 1. The molecule has 32 heavy (non-hydrogen) atoms. The number of benzene rings is 3. The lowest BCUT2D eigenvalue weighted by Gasteiger charge is -2.15. The third-order valence-corrected chi connectivity index (χ3v) is 5.41. The normalized spacial score (nSPS) is 10.6. The molecule has 0 N–H and O–H groups in total. The van der Waals surface area contributed by atoms with Crippen LogP contribution in [0.3, 0.4) is 0 Å². The second-order valence-electron chi connectivity index (χ2n) is 8.42. The molecule has 0 unspecified atom stereocenters. The smallest absolute Gasteiger partial charge is 0.163 e. The minimum Gasteiger partial charge on any atom is -0.489 e. The summed E-state index contributed by atoms with van der Waals surface area (Å²) in [5, 5.41) is 8.88. The molecular weight excluding hydrogens is 398 g/mol. The van der Waals surface area contributed by atoms with Crippen LogP contribution in [0.2, 0.25) is 0 Å². The van der Waals surface area contributed by atoms with Gasteiger partial charge in [0.15, 0.2) is 5.78 Å². The number of hydrogen-bond acceptors (Lipinski definition) is 4. The van der Waals surface area contributed by atoms with Gasteiger partial charge in [0.1, 0.15) is 24.7 Å². The Morgan fingerprint density at radius 3 is 2.19 bits per heavy atom. The molecule has 3 rings (SSSR count). The number of nitriles is 1. The molecule has 3 aromatic rings. The van der Waals surface area contributed by atoms with Gasteiger partial charge in [-0.25, -0.2) is 0 Å². The van der Waals surface area contributed by atoms with Gasteiger partial charge in [0.2, 0.25) is 0 Å². The van der Waals surface area contributed by atoms with Crippen molar-refractivity contribution in [3.05, 3.63) is 94.0 Å². The minimum atomic E-state index is 0.183. The van der Waals surface area contributed by atoms with E-state index in [2.05, 4.69) is 26.0 Å². The minimum absolute atomic E-state index is 0.183. The Balaban J connectivity index is 1.62. The van der Waals surface area contributed by atoms with Crippen molar-refractivity contribution in [1.82, 2.24) is 0 Å². The number of hydrogen-bond donors (Lipinski definition) is 0. The summed E-state index contributed by atoms with van der Waals surface area (Å²) < 4.78 is 11.9. The quantitative estimate of drug-likeness (QED) is 0.363. The van der Waals surface area contributed by atoms with Crippen LogP contribution in [0.5, 0.6) is 11.5 Å². The average Bonchev–Trinajstić information content (AvgIpc) is 2.78. The van der Waals surface area contributed by atoms with Crippen LogP contribution in [-0.2, 0) is 13.2 Å². The van der Waals surface area contributed by atoms with Crippen molar-refractivity contribution in [3.8, 4) is 17.6 Å². The van der Waals surface area contributed by atoms with Gasteiger partial charge in [-0.3, -0.25) is 4.79 Å². The van der Waals surface area contributed by atoms with E-state index in [1.54, 1.807) is 24.3 Å². The largest absolute Gasteiger partial charge is 0.489 e. The van der Waals surface area contributed by atoms with Gasteiger partial charge in [-0.2, -0.15) is 5.26 Å². The maximum atomic E-state index is 12.5. The summed E-state index contributed by atoms with van der Waals surface area (Å²) in [6.07, 6.45) is 0.553. The maximum absolute atomic E-state index is 12.5. The average molecular weight is 428 g/mol. The molecule has 0 spiro atoms. The van der Waals surface area contributed by atoms with Crippen LogP contribution in [0.15, 0.2) is 60.7 Å². The van der Waals surface area contributed by atoms with Gasteiger partial charge in [0, 0.05) is 12.0 Å². The van der Waals surface area contributed by atoms with E-state index in [1.165, 1.54) is 0 Å².